The van der Waals surface area contributed by atoms with Gasteiger partial charge in [0.1, 0.15) is 6.04 Å². The minimum Gasteiger partial charge on any atom is -0.480 e. The van der Waals surface area contributed by atoms with Gasteiger partial charge in [-0.05, 0) is 25.5 Å². The first-order valence-electron chi connectivity index (χ1n) is 6.21. The van der Waals surface area contributed by atoms with Gasteiger partial charge >= 0.3 is 5.97 Å². The fourth-order valence-electron chi connectivity index (χ4n) is 1.92. The van der Waals surface area contributed by atoms with Crippen LogP contribution in [0.25, 0.3) is 0 Å². The van der Waals surface area contributed by atoms with Crippen LogP contribution in [0.2, 0.25) is 0 Å². The van der Waals surface area contributed by atoms with E-state index in [4.69, 9.17) is 5.11 Å². The Morgan fingerprint density at radius 2 is 1.91 bits per heavy atom. The topological polar surface area (TPSA) is 110 Å². The number of carbonyl (C=O) groups is 2. The first-order chi connectivity index (χ1) is 10.1. The van der Waals surface area contributed by atoms with Gasteiger partial charge < -0.3 is 10.4 Å². The van der Waals surface area contributed by atoms with Gasteiger partial charge in [0, 0.05) is 23.6 Å². The minimum absolute atomic E-state index is 0.127. The van der Waals surface area contributed by atoms with E-state index < -0.39 is 35.7 Å². The summed E-state index contributed by atoms with van der Waals surface area (Å²) in [6, 6.07) is 0.629. The van der Waals surface area contributed by atoms with Gasteiger partial charge in [0.25, 0.3) is 11.6 Å². The summed E-state index contributed by atoms with van der Waals surface area (Å²) in [5, 5.41) is 21.6. The van der Waals surface area contributed by atoms with Crippen LogP contribution < -0.4 is 5.32 Å². The zero-order chi connectivity index (χ0) is 17.0. The highest BCUT2D eigenvalue weighted by Crippen LogP contribution is 2.23. The number of halogens is 2. The molecule has 0 heterocycles. The van der Waals surface area contributed by atoms with Crippen LogP contribution in [0.4, 0.5) is 14.5 Å². The van der Waals surface area contributed by atoms with Crippen LogP contribution in [0.3, 0.4) is 0 Å². The van der Waals surface area contributed by atoms with E-state index in [1.165, 1.54) is 19.9 Å². The number of nitro benzene ring substituents is 1. The van der Waals surface area contributed by atoms with E-state index in [0.717, 1.165) is 6.07 Å². The lowest BCUT2D eigenvalue weighted by Gasteiger charge is -2.15. The Kier molecular flexibility index (Phi) is 5.50. The molecule has 0 saturated carbocycles. The highest BCUT2D eigenvalue weighted by molar-refractivity contribution is 5.98. The molecule has 9 heteroatoms. The maximum absolute atomic E-state index is 12.3. The Hall–Kier alpha value is -2.58. The molecule has 7 nitrogen and oxygen atoms in total. The van der Waals surface area contributed by atoms with Crippen molar-refractivity contribution in [3.8, 4) is 0 Å². The van der Waals surface area contributed by atoms with Crippen LogP contribution in [0.15, 0.2) is 12.1 Å². The summed E-state index contributed by atoms with van der Waals surface area (Å²) in [5.41, 5.74) is 0.275. The van der Waals surface area contributed by atoms with Crippen molar-refractivity contribution in [3.05, 3.63) is 38.9 Å². The fourth-order valence-corrected chi connectivity index (χ4v) is 1.92. The Morgan fingerprint density at radius 1 is 1.32 bits per heavy atom. The van der Waals surface area contributed by atoms with E-state index in [1.54, 1.807) is 0 Å². The SMILES string of the molecule is Cc1cc(C)c([N+](=O)[O-])cc1C(=O)NC(CC(F)F)C(=O)O. The Bertz CT molecular complexity index is 619. The number of hydrogen-bond acceptors (Lipinski definition) is 4. The average Bonchev–Trinajstić information content (AvgIpc) is 2.36. The number of aryl methyl sites for hydroxylation is 2. The summed E-state index contributed by atoms with van der Waals surface area (Å²) in [7, 11) is 0. The zero-order valence-corrected chi connectivity index (χ0v) is 11.8. The smallest absolute Gasteiger partial charge is 0.326 e. The van der Waals surface area contributed by atoms with E-state index >= 15 is 0 Å². The van der Waals surface area contributed by atoms with E-state index in [-0.39, 0.29) is 11.3 Å². The number of alkyl halides is 2. The zero-order valence-electron chi connectivity index (χ0n) is 11.8. The van der Waals surface area contributed by atoms with Crippen LogP contribution in [0, 0.1) is 24.0 Å². The van der Waals surface area contributed by atoms with Crippen molar-refractivity contribution in [3.63, 3.8) is 0 Å². The number of carboxylic acid groups (broad SMARTS) is 1. The number of aliphatic carboxylic acids is 1. The lowest BCUT2D eigenvalue weighted by molar-refractivity contribution is -0.385. The third kappa shape index (κ3) is 4.21. The molecule has 0 radical (unpaired) electrons. The van der Waals surface area contributed by atoms with E-state index in [2.05, 4.69) is 0 Å². The molecule has 0 spiro atoms. The van der Waals surface area contributed by atoms with Crippen molar-refractivity contribution >= 4 is 17.6 Å². The van der Waals surface area contributed by atoms with Gasteiger partial charge in [-0.3, -0.25) is 14.9 Å². The van der Waals surface area contributed by atoms with Crippen molar-refractivity contribution in [2.75, 3.05) is 0 Å². The van der Waals surface area contributed by atoms with Crippen LogP contribution in [0.1, 0.15) is 27.9 Å². The molecule has 0 bridgehead atoms. The molecular formula is C13H14F2N2O5. The van der Waals surface area contributed by atoms with E-state index in [0.29, 0.717) is 11.1 Å². The molecule has 120 valence electrons. The molecule has 1 rings (SSSR count). The largest absolute Gasteiger partial charge is 0.480 e. The predicted molar refractivity (Wildman–Crippen MR) is 72.1 cm³/mol. The molecule has 1 atom stereocenters. The number of carbonyl (C=O) groups excluding carboxylic acids is 1. The Labute approximate surface area is 124 Å². The van der Waals surface area contributed by atoms with Crippen molar-refractivity contribution < 1.29 is 28.4 Å². The van der Waals surface area contributed by atoms with Gasteiger partial charge in [-0.1, -0.05) is 0 Å². The molecule has 0 saturated heterocycles. The number of carboxylic acids is 1. The molecular weight excluding hydrogens is 302 g/mol. The van der Waals surface area contributed by atoms with Crippen molar-refractivity contribution in [2.24, 2.45) is 0 Å². The number of rotatable bonds is 6. The van der Waals surface area contributed by atoms with Crippen LogP contribution in [0.5, 0.6) is 0 Å². The van der Waals surface area contributed by atoms with Gasteiger partial charge in [-0.25, -0.2) is 13.6 Å². The number of hydrogen-bond donors (Lipinski definition) is 2. The summed E-state index contributed by atoms with van der Waals surface area (Å²) in [5.74, 6) is -2.55. The summed E-state index contributed by atoms with van der Waals surface area (Å²) < 4.78 is 24.6. The van der Waals surface area contributed by atoms with Gasteiger partial charge in [0.15, 0.2) is 0 Å². The van der Waals surface area contributed by atoms with Gasteiger partial charge in [-0.2, -0.15) is 0 Å². The maximum Gasteiger partial charge on any atom is 0.326 e. The number of nitrogens with one attached hydrogen (secondary N) is 1. The van der Waals surface area contributed by atoms with Crippen molar-refractivity contribution in [1.82, 2.24) is 5.32 Å². The second kappa shape index (κ2) is 6.92. The van der Waals surface area contributed by atoms with Gasteiger partial charge in [0.2, 0.25) is 6.43 Å². The molecule has 0 aliphatic carbocycles. The molecule has 0 aliphatic rings. The summed E-state index contributed by atoms with van der Waals surface area (Å²) in [6.07, 6.45) is -3.96. The highest BCUT2D eigenvalue weighted by atomic mass is 19.3. The molecule has 1 aromatic rings. The summed E-state index contributed by atoms with van der Waals surface area (Å²) >= 11 is 0. The third-order valence-corrected chi connectivity index (χ3v) is 3.00. The molecule has 0 fully saturated rings. The first-order valence-corrected chi connectivity index (χ1v) is 6.21. The van der Waals surface area contributed by atoms with E-state index in [1.807, 2.05) is 5.32 Å². The standard InChI is InChI=1S/C13H14F2N2O5/c1-6-3-7(2)10(17(21)22)4-8(6)12(18)16-9(13(19)20)5-11(14)15/h3-4,9,11H,5H2,1-2H3,(H,16,18)(H,19,20). The van der Waals surface area contributed by atoms with Crippen molar-refractivity contribution in [2.45, 2.75) is 32.7 Å². The highest BCUT2D eigenvalue weighted by Gasteiger charge is 2.26. The molecule has 22 heavy (non-hydrogen) atoms. The number of benzene rings is 1. The molecule has 2 N–H and O–H groups in total. The first kappa shape index (κ1) is 17.5. The molecule has 0 aromatic heterocycles. The quantitative estimate of drug-likeness (QED) is 0.616. The monoisotopic (exact) mass is 316 g/mol. The fraction of sp³-hybridized carbons (Fsp3) is 0.385. The molecule has 1 unspecified atom stereocenters. The Balaban J connectivity index is 3.09. The van der Waals surface area contributed by atoms with Crippen LogP contribution in [-0.4, -0.2) is 34.4 Å². The Morgan fingerprint density at radius 3 is 2.36 bits per heavy atom. The van der Waals surface area contributed by atoms with Crippen LogP contribution in [-0.2, 0) is 4.79 Å². The lowest BCUT2D eigenvalue weighted by Crippen LogP contribution is -2.42. The molecule has 0 aliphatic heterocycles. The summed E-state index contributed by atoms with van der Waals surface area (Å²) in [6.45, 7) is 3.00. The predicted octanol–water partition coefficient (Wildman–Crippen LogP) is 2.05. The number of nitro groups is 1. The number of nitrogens with zero attached hydrogens (tertiary/aromatic N) is 1. The van der Waals surface area contributed by atoms with E-state index in [9.17, 15) is 28.5 Å². The summed E-state index contributed by atoms with van der Waals surface area (Å²) in [4.78, 5) is 33.0. The average molecular weight is 316 g/mol. The third-order valence-electron chi connectivity index (χ3n) is 3.00. The van der Waals surface area contributed by atoms with Gasteiger partial charge in [0.05, 0.1) is 4.92 Å². The van der Waals surface area contributed by atoms with Gasteiger partial charge in [-0.15, -0.1) is 0 Å². The van der Waals surface area contributed by atoms with Crippen LogP contribution >= 0.6 is 0 Å². The minimum atomic E-state index is -2.91. The second-order valence-electron chi connectivity index (χ2n) is 4.70. The second-order valence-corrected chi connectivity index (χ2v) is 4.70. The maximum atomic E-state index is 12.3. The molecule has 1 aromatic carbocycles. The number of amides is 1. The molecule has 1 amide bonds. The lowest BCUT2D eigenvalue weighted by atomic mass is 10.0. The normalized spacial score (nSPS) is 12.0. The van der Waals surface area contributed by atoms with Crippen molar-refractivity contribution in [1.29, 1.82) is 0 Å².